The summed E-state index contributed by atoms with van der Waals surface area (Å²) in [7, 11) is 1.62. The van der Waals surface area contributed by atoms with Gasteiger partial charge >= 0.3 is 0 Å². The first-order valence-electron chi connectivity index (χ1n) is 11.1. The van der Waals surface area contributed by atoms with E-state index in [2.05, 4.69) is 24.9 Å². The van der Waals surface area contributed by atoms with Crippen LogP contribution in [0.2, 0.25) is 0 Å². The molecule has 0 saturated carbocycles. The SMILES string of the molecule is C=C[C@@](C)(O)CN(CCC)CC(=O)N1CCc2sccc2[C@H]1COc1ccccc1OC. The van der Waals surface area contributed by atoms with Crippen LogP contribution in [0.5, 0.6) is 11.5 Å². The predicted octanol–water partition coefficient (Wildman–Crippen LogP) is 3.91. The molecule has 2 atom stereocenters. The largest absolute Gasteiger partial charge is 0.493 e. The highest BCUT2D eigenvalue weighted by Gasteiger charge is 2.33. The molecule has 2 aromatic rings. The lowest BCUT2D eigenvalue weighted by molar-refractivity contribution is -0.136. The molecule has 0 aliphatic carbocycles. The van der Waals surface area contributed by atoms with Gasteiger partial charge in [-0.3, -0.25) is 9.69 Å². The number of rotatable bonds is 11. The van der Waals surface area contributed by atoms with Gasteiger partial charge in [0.05, 0.1) is 25.3 Å². The highest BCUT2D eigenvalue weighted by molar-refractivity contribution is 7.10. The molecule has 1 amide bonds. The number of methoxy groups -OCH3 is 1. The highest BCUT2D eigenvalue weighted by Crippen LogP contribution is 2.35. The summed E-state index contributed by atoms with van der Waals surface area (Å²) in [5.41, 5.74) is 0.120. The molecule has 1 aromatic carbocycles. The molecule has 1 aliphatic rings. The van der Waals surface area contributed by atoms with Gasteiger partial charge in [-0.25, -0.2) is 0 Å². The van der Waals surface area contributed by atoms with Crippen molar-refractivity contribution in [1.82, 2.24) is 9.80 Å². The Morgan fingerprint density at radius 1 is 1.38 bits per heavy atom. The van der Waals surface area contributed by atoms with Crippen LogP contribution in [0.4, 0.5) is 0 Å². The summed E-state index contributed by atoms with van der Waals surface area (Å²) in [6.07, 6.45) is 3.28. The molecule has 6 nitrogen and oxygen atoms in total. The fourth-order valence-corrected chi connectivity index (χ4v) is 5.04. The molecule has 7 heteroatoms. The fraction of sp³-hybridized carbons (Fsp3) is 0.480. The zero-order valence-electron chi connectivity index (χ0n) is 19.3. The van der Waals surface area contributed by atoms with Crippen molar-refractivity contribution in [1.29, 1.82) is 0 Å². The van der Waals surface area contributed by atoms with Crippen LogP contribution >= 0.6 is 11.3 Å². The van der Waals surface area contributed by atoms with Crippen LogP contribution in [-0.4, -0.2) is 66.3 Å². The molecule has 0 radical (unpaired) electrons. The molecule has 1 N–H and O–H groups in total. The second-order valence-corrected chi connectivity index (χ2v) is 9.39. The van der Waals surface area contributed by atoms with E-state index in [1.807, 2.05) is 34.1 Å². The Bertz CT molecular complexity index is 911. The lowest BCUT2D eigenvalue weighted by Crippen LogP contribution is -2.49. The Morgan fingerprint density at radius 3 is 2.81 bits per heavy atom. The second kappa shape index (κ2) is 11.0. The molecule has 1 aromatic heterocycles. The number of nitrogens with zero attached hydrogens (tertiary/aromatic N) is 2. The van der Waals surface area contributed by atoms with E-state index >= 15 is 0 Å². The molecule has 0 fully saturated rings. The summed E-state index contributed by atoms with van der Waals surface area (Å²) in [4.78, 5) is 18.7. The minimum Gasteiger partial charge on any atom is -0.493 e. The predicted molar refractivity (Wildman–Crippen MR) is 129 cm³/mol. The number of ether oxygens (including phenoxy) is 2. The van der Waals surface area contributed by atoms with Crippen molar-refractivity contribution in [3.05, 3.63) is 58.8 Å². The van der Waals surface area contributed by atoms with Crippen LogP contribution in [0, 0.1) is 0 Å². The number of carbonyl (C=O) groups is 1. The first-order chi connectivity index (χ1) is 15.4. The van der Waals surface area contributed by atoms with E-state index in [0.717, 1.165) is 24.9 Å². The van der Waals surface area contributed by atoms with E-state index in [0.29, 0.717) is 31.2 Å². The van der Waals surface area contributed by atoms with Crippen LogP contribution in [0.25, 0.3) is 0 Å². The number of thiophene rings is 1. The van der Waals surface area contributed by atoms with Crippen molar-refractivity contribution >= 4 is 17.2 Å². The summed E-state index contributed by atoms with van der Waals surface area (Å²) < 4.78 is 11.6. The Kier molecular flexibility index (Phi) is 8.34. The number of benzene rings is 1. The second-order valence-electron chi connectivity index (χ2n) is 8.39. The summed E-state index contributed by atoms with van der Waals surface area (Å²) in [5.74, 6) is 1.38. The minimum atomic E-state index is -1.04. The maximum Gasteiger partial charge on any atom is 0.237 e. The minimum absolute atomic E-state index is 0.0452. The molecule has 174 valence electrons. The lowest BCUT2D eigenvalue weighted by atomic mass is 10.00. The quantitative estimate of drug-likeness (QED) is 0.518. The van der Waals surface area contributed by atoms with Gasteiger partial charge in [0.25, 0.3) is 0 Å². The molecule has 0 unspecified atom stereocenters. The average Bonchev–Trinajstić information content (AvgIpc) is 3.26. The first kappa shape index (κ1) is 24.3. The van der Waals surface area contributed by atoms with E-state index < -0.39 is 5.60 Å². The lowest BCUT2D eigenvalue weighted by Gasteiger charge is -2.38. The maximum absolute atomic E-state index is 13.4. The van der Waals surface area contributed by atoms with Gasteiger partial charge in [0.1, 0.15) is 6.61 Å². The van der Waals surface area contributed by atoms with Crippen molar-refractivity contribution < 1.29 is 19.4 Å². The van der Waals surface area contributed by atoms with Crippen molar-refractivity contribution in [3.8, 4) is 11.5 Å². The van der Waals surface area contributed by atoms with E-state index in [4.69, 9.17) is 9.47 Å². The van der Waals surface area contributed by atoms with Gasteiger partial charge in [-0.1, -0.05) is 25.1 Å². The molecule has 0 bridgehead atoms. The van der Waals surface area contributed by atoms with Crippen molar-refractivity contribution in [2.45, 2.75) is 38.3 Å². The topological polar surface area (TPSA) is 62.2 Å². The smallest absolute Gasteiger partial charge is 0.237 e. The summed E-state index contributed by atoms with van der Waals surface area (Å²) in [5, 5.41) is 12.5. The van der Waals surface area contributed by atoms with Crippen LogP contribution in [-0.2, 0) is 11.2 Å². The van der Waals surface area contributed by atoms with Gasteiger partial charge in [0, 0.05) is 18.0 Å². The van der Waals surface area contributed by atoms with Gasteiger partial charge in [0.2, 0.25) is 5.91 Å². The summed E-state index contributed by atoms with van der Waals surface area (Å²) >= 11 is 1.73. The number of para-hydroxylation sites is 2. The van der Waals surface area contributed by atoms with E-state index in [1.54, 1.807) is 25.4 Å². The maximum atomic E-state index is 13.4. The monoisotopic (exact) mass is 458 g/mol. The standard InChI is InChI=1S/C25H34N2O4S/c1-5-13-26(18-25(3,29)6-2)16-24(28)27-14-11-23-19(12-15-32-23)20(27)17-31-22-10-8-7-9-21(22)30-4/h6-10,12,15,20,29H,2,5,11,13-14,16-18H2,1,3-4H3/t20-,25-/m1/s1. The Morgan fingerprint density at radius 2 is 2.12 bits per heavy atom. The number of fused-ring (bicyclic) bond motifs is 1. The van der Waals surface area contributed by atoms with Gasteiger partial charge in [-0.15, -0.1) is 17.9 Å². The van der Waals surface area contributed by atoms with Gasteiger partial charge in [-0.2, -0.15) is 0 Å². The number of carbonyl (C=O) groups excluding carboxylic acids is 1. The average molecular weight is 459 g/mol. The van der Waals surface area contributed by atoms with Gasteiger partial charge < -0.3 is 19.5 Å². The van der Waals surface area contributed by atoms with Crippen LogP contribution in [0.1, 0.15) is 36.8 Å². The molecule has 0 saturated heterocycles. The van der Waals surface area contributed by atoms with E-state index in [9.17, 15) is 9.90 Å². The summed E-state index contributed by atoms with van der Waals surface area (Å²) in [6, 6.07) is 9.49. The Labute approximate surface area is 195 Å². The van der Waals surface area contributed by atoms with Crippen molar-refractivity contribution in [2.24, 2.45) is 0 Å². The molecule has 1 aliphatic heterocycles. The Balaban J connectivity index is 1.77. The highest BCUT2D eigenvalue weighted by atomic mass is 32.1. The van der Waals surface area contributed by atoms with Gasteiger partial charge in [-0.05, 0) is 55.5 Å². The number of aliphatic hydroxyl groups is 1. The van der Waals surface area contributed by atoms with Crippen molar-refractivity contribution in [3.63, 3.8) is 0 Å². The summed E-state index contributed by atoms with van der Waals surface area (Å²) in [6.45, 7) is 9.87. The van der Waals surface area contributed by atoms with Crippen molar-refractivity contribution in [2.75, 3.05) is 39.9 Å². The third kappa shape index (κ3) is 5.91. The molecule has 3 rings (SSSR count). The zero-order chi connectivity index (χ0) is 23.1. The molecule has 2 heterocycles. The molecule has 32 heavy (non-hydrogen) atoms. The molecular formula is C25H34N2O4S. The van der Waals surface area contributed by atoms with Gasteiger partial charge in [0.15, 0.2) is 11.5 Å². The first-order valence-corrected chi connectivity index (χ1v) is 12.0. The third-order valence-electron chi connectivity index (χ3n) is 5.76. The number of hydrogen-bond donors (Lipinski definition) is 1. The zero-order valence-corrected chi connectivity index (χ0v) is 20.1. The number of hydrogen-bond acceptors (Lipinski definition) is 6. The van der Waals surface area contributed by atoms with Crippen LogP contribution < -0.4 is 9.47 Å². The number of amides is 1. The Hall–Kier alpha value is -2.35. The normalized spacial score (nSPS) is 17.5. The molecule has 0 spiro atoms. The van der Waals surface area contributed by atoms with E-state index in [-0.39, 0.29) is 18.5 Å². The third-order valence-corrected chi connectivity index (χ3v) is 6.76. The molecular weight excluding hydrogens is 424 g/mol. The van der Waals surface area contributed by atoms with Crippen LogP contribution in [0.3, 0.4) is 0 Å². The van der Waals surface area contributed by atoms with E-state index in [1.165, 1.54) is 11.0 Å². The van der Waals surface area contributed by atoms with Crippen LogP contribution in [0.15, 0.2) is 48.4 Å². The fourth-order valence-electron chi connectivity index (χ4n) is 4.11.